The van der Waals surface area contributed by atoms with Gasteiger partial charge in [0, 0.05) is 55.1 Å². The molecule has 0 bridgehead atoms. The average Bonchev–Trinajstić information content (AvgIpc) is 2.75. The molecule has 0 unspecified atom stereocenters. The molecule has 4 heterocycles. The van der Waals surface area contributed by atoms with E-state index >= 15 is 0 Å². The lowest BCUT2D eigenvalue weighted by Gasteiger charge is -2.27. The van der Waals surface area contributed by atoms with Crippen molar-refractivity contribution in [2.45, 2.75) is 0 Å². The fourth-order valence-electron chi connectivity index (χ4n) is 2.82. The summed E-state index contributed by atoms with van der Waals surface area (Å²) in [5.74, 6) is 1.92. The van der Waals surface area contributed by atoms with Gasteiger partial charge in [0.2, 0.25) is 11.8 Å². The molecule has 27 heavy (non-hydrogen) atoms. The van der Waals surface area contributed by atoms with Crippen LogP contribution in [0.2, 0.25) is 0 Å². The van der Waals surface area contributed by atoms with Gasteiger partial charge < -0.3 is 19.7 Å². The fraction of sp³-hybridized carbons (Fsp3) is 0.263. The zero-order valence-electron chi connectivity index (χ0n) is 15.0. The van der Waals surface area contributed by atoms with E-state index in [1.165, 1.54) is 0 Å². The Balaban J connectivity index is 1.70. The van der Waals surface area contributed by atoms with Crippen LogP contribution in [0.15, 0.2) is 48.9 Å². The predicted molar refractivity (Wildman–Crippen MR) is 102 cm³/mol. The number of methoxy groups -OCH3 is 1. The Hall–Kier alpha value is -3.26. The molecule has 138 valence electrons. The normalized spacial score (nSPS) is 14.0. The largest absolute Gasteiger partial charge is 0.481 e. The maximum absolute atomic E-state index is 5.45. The molecule has 3 aromatic rings. The molecule has 0 spiro atoms. The number of hydrogen-bond acceptors (Lipinski definition) is 8. The Labute approximate surface area is 157 Å². The second kappa shape index (κ2) is 7.96. The van der Waals surface area contributed by atoms with Crippen LogP contribution in [0.5, 0.6) is 5.88 Å². The molecule has 4 rings (SSSR count). The van der Waals surface area contributed by atoms with E-state index in [0.29, 0.717) is 30.9 Å². The summed E-state index contributed by atoms with van der Waals surface area (Å²) in [6.45, 7) is 2.88. The minimum absolute atomic E-state index is 0.539. The zero-order valence-corrected chi connectivity index (χ0v) is 15.0. The molecule has 1 saturated heterocycles. The average molecular weight is 364 g/mol. The molecule has 3 aromatic heterocycles. The maximum Gasteiger partial charge on any atom is 0.228 e. The molecule has 0 aromatic carbocycles. The van der Waals surface area contributed by atoms with Crippen molar-refractivity contribution in [1.82, 2.24) is 19.9 Å². The molecule has 1 N–H and O–H groups in total. The van der Waals surface area contributed by atoms with E-state index in [1.807, 2.05) is 30.3 Å². The lowest BCUT2D eigenvalue weighted by molar-refractivity contribution is 0.122. The Kier molecular flexibility index (Phi) is 5.06. The second-order valence-electron chi connectivity index (χ2n) is 5.99. The minimum Gasteiger partial charge on any atom is -0.481 e. The highest BCUT2D eigenvalue weighted by Crippen LogP contribution is 2.25. The Morgan fingerprint density at radius 1 is 1.04 bits per heavy atom. The van der Waals surface area contributed by atoms with Crippen molar-refractivity contribution in [3.05, 3.63) is 48.9 Å². The first-order valence-corrected chi connectivity index (χ1v) is 8.71. The Morgan fingerprint density at radius 3 is 2.63 bits per heavy atom. The van der Waals surface area contributed by atoms with Gasteiger partial charge in [0.05, 0.1) is 26.0 Å². The molecule has 0 aliphatic carbocycles. The highest BCUT2D eigenvalue weighted by Gasteiger charge is 2.16. The van der Waals surface area contributed by atoms with Crippen LogP contribution in [0, 0.1) is 0 Å². The topological polar surface area (TPSA) is 85.3 Å². The third-order valence-electron chi connectivity index (χ3n) is 4.20. The first kappa shape index (κ1) is 17.2. The summed E-state index contributed by atoms with van der Waals surface area (Å²) >= 11 is 0. The number of nitrogens with one attached hydrogen (secondary N) is 1. The monoisotopic (exact) mass is 364 g/mol. The Bertz CT molecular complexity index is 900. The van der Waals surface area contributed by atoms with Crippen LogP contribution < -0.4 is 15.0 Å². The third kappa shape index (κ3) is 4.12. The number of anilines is 3. The first-order chi connectivity index (χ1) is 13.3. The third-order valence-corrected chi connectivity index (χ3v) is 4.20. The van der Waals surface area contributed by atoms with Crippen LogP contribution >= 0.6 is 0 Å². The molecule has 0 radical (unpaired) electrons. The summed E-state index contributed by atoms with van der Waals surface area (Å²) in [7, 11) is 1.59. The van der Waals surface area contributed by atoms with Crippen molar-refractivity contribution >= 4 is 17.5 Å². The molecule has 1 aliphatic heterocycles. The van der Waals surface area contributed by atoms with Gasteiger partial charge in [0.1, 0.15) is 5.82 Å². The van der Waals surface area contributed by atoms with Crippen LogP contribution in [0.4, 0.5) is 17.5 Å². The molecular formula is C19H20N6O2. The summed E-state index contributed by atoms with van der Waals surface area (Å²) in [6, 6.07) is 9.48. The standard InChI is InChI=1S/C19H20N6O2/c1-26-18-12-15(4-7-21-18)22-17-13-16(14-2-5-20-6-3-14)23-19(24-17)25-8-10-27-11-9-25/h2-7,12-13H,8-11H2,1H3,(H,21,22,23,24). The quantitative estimate of drug-likeness (QED) is 0.739. The van der Waals surface area contributed by atoms with Gasteiger partial charge in [-0.1, -0.05) is 0 Å². The first-order valence-electron chi connectivity index (χ1n) is 8.71. The van der Waals surface area contributed by atoms with Crippen LogP contribution in [-0.4, -0.2) is 53.3 Å². The summed E-state index contributed by atoms with van der Waals surface area (Å²) in [5.41, 5.74) is 2.66. The zero-order chi connectivity index (χ0) is 18.5. The van der Waals surface area contributed by atoms with Gasteiger partial charge in [-0.25, -0.2) is 9.97 Å². The van der Waals surface area contributed by atoms with Gasteiger partial charge in [-0.05, 0) is 18.2 Å². The number of morpholine rings is 1. The highest BCUT2D eigenvalue weighted by molar-refractivity contribution is 5.67. The number of rotatable bonds is 5. The summed E-state index contributed by atoms with van der Waals surface area (Å²) < 4.78 is 10.6. The van der Waals surface area contributed by atoms with Crippen molar-refractivity contribution in [2.75, 3.05) is 43.6 Å². The number of aromatic nitrogens is 4. The Morgan fingerprint density at radius 2 is 1.85 bits per heavy atom. The lowest BCUT2D eigenvalue weighted by atomic mass is 10.2. The molecule has 1 fully saturated rings. The van der Waals surface area contributed by atoms with Crippen LogP contribution in [-0.2, 0) is 4.74 Å². The smallest absolute Gasteiger partial charge is 0.228 e. The SMILES string of the molecule is COc1cc(Nc2cc(-c3ccncc3)nc(N3CCOCC3)n2)ccn1. The number of pyridine rings is 2. The number of ether oxygens (including phenoxy) is 2. The van der Waals surface area contributed by atoms with Crippen molar-refractivity contribution < 1.29 is 9.47 Å². The van der Waals surface area contributed by atoms with Gasteiger partial charge >= 0.3 is 0 Å². The number of hydrogen-bond donors (Lipinski definition) is 1. The van der Waals surface area contributed by atoms with Crippen molar-refractivity contribution in [2.24, 2.45) is 0 Å². The highest BCUT2D eigenvalue weighted by atomic mass is 16.5. The molecular weight excluding hydrogens is 344 g/mol. The van der Waals surface area contributed by atoms with E-state index in [0.717, 1.165) is 30.0 Å². The number of nitrogens with zero attached hydrogens (tertiary/aromatic N) is 5. The van der Waals surface area contributed by atoms with E-state index < -0.39 is 0 Å². The van der Waals surface area contributed by atoms with Crippen molar-refractivity contribution in [3.63, 3.8) is 0 Å². The maximum atomic E-state index is 5.45. The van der Waals surface area contributed by atoms with Crippen molar-refractivity contribution in [1.29, 1.82) is 0 Å². The molecule has 1 aliphatic rings. The van der Waals surface area contributed by atoms with Gasteiger partial charge in [-0.2, -0.15) is 4.98 Å². The van der Waals surface area contributed by atoms with Crippen LogP contribution in [0.1, 0.15) is 0 Å². The van der Waals surface area contributed by atoms with E-state index in [2.05, 4.69) is 20.2 Å². The van der Waals surface area contributed by atoms with Gasteiger partial charge in [-0.3, -0.25) is 4.98 Å². The van der Waals surface area contributed by atoms with Crippen molar-refractivity contribution in [3.8, 4) is 17.1 Å². The van der Waals surface area contributed by atoms with Gasteiger partial charge in [0.25, 0.3) is 0 Å². The second-order valence-corrected chi connectivity index (χ2v) is 5.99. The fourth-order valence-corrected chi connectivity index (χ4v) is 2.82. The summed E-state index contributed by atoms with van der Waals surface area (Å²) in [5, 5.41) is 3.32. The predicted octanol–water partition coefficient (Wildman–Crippen LogP) is 2.52. The molecule has 8 heteroatoms. The molecule has 0 saturated carbocycles. The molecule has 0 atom stereocenters. The van der Waals surface area contributed by atoms with Gasteiger partial charge in [0.15, 0.2) is 0 Å². The van der Waals surface area contributed by atoms with E-state index in [1.54, 1.807) is 25.7 Å². The minimum atomic E-state index is 0.539. The van der Waals surface area contributed by atoms with Crippen LogP contribution in [0.3, 0.4) is 0 Å². The van der Waals surface area contributed by atoms with E-state index in [-0.39, 0.29) is 0 Å². The summed E-state index contributed by atoms with van der Waals surface area (Å²) in [6.07, 6.45) is 5.20. The van der Waals surface area contributed by atoms with E-state index in [9.17, 15) is 0 Å². The van der Waals surface area contributed by atoms with E-state index in [4.69, 9.17) is 19.4 Å². The van der Waals surface area contributed by atoms with Gasteiger partial charge in [-0.15, -0.1) is 0 Å². The van der Waals surface area contributed by atoms with Crippen LogP contribution in [0.25, 0.3) is 11.3 Å². The lowest BCUT2D eigenvalue weighted by Crippen LogP contribution is -2.37. The molecule has 0 amide bonds. The molecule has 8 nitrogen and oxygen atoms in total. The summed E-state index contributed by atoms with van der Waals surface area (Å²) in [4.78, 5) is 19.8.